The van der Waals surface area contributed by atoms with Gasteiger partial charge in [-0.05, 0) is 24.6 Å². The summed E-state index contributed by atoms with van der Waals surface area (Å²) in [5, 5.41) is 92.3. The van der Waals surface area contributed by atoms with Gasteiger partial charge in [0, 0.05) is 12.1 Å². The van der Waals surface area contributed by atoms with E-state index in [0.29, 0.717) is 5.56 Å². The minimum Gasteiger partial charge on any atom is -0.508 e. The summed E-state index contributed by atoms with van der Waals surface area (Å²) in [5.74, 6) is -1.83. The first kappa shape index (κ1) is 30.4. The SMILES string of the molecule is CC1OC(OC2C(CO)OC(Oc3cc(O)c4c(c3)OC(c3ccc(O)cc3)C(O)C4=O)C(O)C2O)C(O)C(O)C1O. The summed E-state index contributed by atoms with van der Waals surface area (Å²) in [5.41, 5.74) is 0.0453. The van der Waals surface area contributed by atoms with Gasteiger partial charge in [0.2, 0.25) is 12.1 Å². The standard InChI is InChI=1S/C27H32O15/c1-9-17(31)19(33)22(36)26(38-9)42-25-15(8-28)41-27(23(37)21(25)35)39-12-6-13(30)16-14(7-12)40-24(20(34)18(16)32)10-2-4-11(29)5-3-10/h2-7,9,15,17,19-31,33-37H,8H2,1H3. The molecule has 0 aromatic heterocycles. The molecular weight excluding hydrogens is 564 g/mol. The molecule has 0 bridgehead atoms. The third-order valence-electron chi connectivity index (χ3n) is 7.50. The highest BCUT2D eigenvalue weighted by Crippen LogP contribution is 2.43. The van der Waals surface area contributed by atoms with Gasteiger partial charge in [0.1, 0.15) is 71.3 Å². The van der Waals surface area contributed by atoms with Gasteiger partial charge in [0.25, 0.3) is 0 Å². The first-order valence-electron chi connectivity index (χ1n) is 13.1. The predicted octanol–water partition coefficient (Wildman–Crippen LogP) is -2.19. The van der Waals surface area contributed by atoms with Gasteiger partial charge < -0.3 is 69.6 Å². The highest BCUT2D eigenvalue weighted by Gasteiger charge is 2.50. The second-order valence-corrected chi connectivity index (χ2v) is 10.4. The molecule has 42 heavy (non-hydrogen) atoms. The maximum absolute atomic E-state index is 12.9. The fourth-order valence-corrected chi connectivity index (χ4v) is 5.12. The number of hydrogen-bond donors (Lipinski definition) is 9. The summed E-state index contributed by atoms with van der Waals surface area (Å²) in [4.78, 5) is 12.9. The molecule has 2 saturated heterocycles. The van der Waals surface area contributed by atoms with Crippen molar-refractivity contribution >= 4 is 5.78 Å². The Hall–Kier alpha value is -3.09. The maximum Gasteiger partial charge on any atom is 0.229 e. The lowest BCUT2D eigenvalue weighted by Crippen LogP contribution is -2.64. The Labute approximate surface area is 238 Å². The van der Waals surface area contributed by atoms with Gasteiger partial charge in [0.05, 0.1) is 12.7 Å². The Morgan fingerprint density at radius 3 is 2.17 bits per heavy atom. The Morgan fingerprint density at radius 2 is 1.50 bits per heavy atom. The number of phenolic OH excluding ortho intramolecular Hbond substituents is 2. The quantitative estimate of drug-likeness (QED) is 0.172. The van der Waals surface area contributed by atoms with Crippen LogP contribution in [0.25, 0.3) is 0 Å². The summed E-state index contributed by atoms with van der Waals surface area (Å²) >= 11 is 0. The fourth-order valence-electron chi connectivity index (χ4n) is 5.12. The van der Waals surface area contributed by atoms with E-state index < -0.39 is 91.8 Å². The molecule has 0 aliphatic carbocycles. The number of aliphatic hydroxyl groups is 7. The Morgan fingerprint density at radius 1 is 0.833 bits per heavy atom. The van der Waals surface area contributed by atoms with E-state index in [4.69, 9.17) is 23.7 Å². The van der Waals surface area contributed by atoms with Crippen molar-refractivity contribution < 1.29 is 74.4 Å². The molecule has 0 saturated carbocycles. The Kier molecular flexibility index (Phi) is 8.60. The number of ketones is 1. The van der Waals surface area contributed by atoms with Crippen molar-refractivity contribution in [3.63, 3.8) is 0 Å². The van der Waals surface area contributed by atoms with Crippen molar-refractivity contribution in [3.8, 4) is 23.0 Å². The molecule has 15 nitrogen and oxygen atoms in total. The molecule has 2 aromatic rings. The molecule has 2 aromatic carbocycles. The summed E-state index contributed by atoms with van der Waals surface area (Å²) in [7, 11) is 0. The van der Waals surface area contributed by atoms with Gasteiger partial charge in [0.15, 0.2) is 18.5 Å². The van der Waals surface area contributed by atoms with Crippen LogP contribution in [0.4, 0.5) is 0 Å². The normalized spacial score (nSPS) is 38.4. The van der Waals surface area contributed by atoms with Crippen molar-refractivity contribution in [2.45, 2.75) is 80.5 Å². The van der Waals surface area contributed by atoms with Crippen LogP contribution in [0.15, 0.2) is 36.4 Å². The minimum absolute atomic E-state index is 0.0421. The second kappa shape index (κ2) is 11.9. The number of aliphatic hydroxyl groups excluding tert-OH is 7. The van der Waals surface area contributed by atoms with Crippen molar-refractivity contribution in [1.82, 2.24) is 0 Å². The zero-order valence-electron chi connectivity index (χ0n) is 22.1. The van der Waals surface area contributed by atoms with Crippen LogP contribution in [0.2, 0.25) is 0 Å². The number of Topliss-reactive ketones (excluding diaryl/α,β-unsaturated/α-hetero) is 1. The molecular formula is C27H32O15. The molecule has 5 rings (SSSR count). The highest BCUT2D eigenvalue weighted by atomic mass is 16.7. The number of phenols is 2. The van der Waals surface area contributed by atoms with Crippen LogP contribution >= 0.6 is 0 Å². The summed E-state index contributed by atoms with van der Waals surface area (Å²) < 4.78 is 28.0. The van der Waals surface area contributed by atoms with E-state index in [1.54, 1.807) is 0 Å². The van der Waals surface area contributed by atoms with Crippen molar-refractivity contribution in [2.75, 3.05) is 6.61 Å². The second-order valence-electron chi connectivity index (χ2n) is 10.4. The lowest BCUT2D eigenvalue weighted by Gasteiger charge is -2.45. The van der Waals surface area contributed by atoms with Crippen LogP contribution in [-0.4, -0.2) is 126 Å². The number of carbonyl (C=O) groups excluding carboxylic acids is 1. The van der Waals surface area contributed by atoms with E-state index in [0.717, 1.165) is 6.07 Å². The number of carbonyl (C=O) groups is 1. The molecule has 3 heterocycles. The summed E-state index contributed by atoms with van der Waals surface area (Å²) in [6.45, 7) is 0.669. The maximum atomic E-state index is 12.9. The molecule has 9 N–H and O–H groups in total. The van der Waals surface area contributed by atoms with E-state index >= 15 is 0 Å². The van der Waals surface area contributed by atoms with Gasteiger partial charge in [-0.3, -0.25) is 4.79 Å². The molecule has 12 unspecified atom stereocenters. The first-order valence-corrected chi connectivity index (χ1v) is 13.1. The molecule has 0 spiro atoms. The zero-order chi connectivity index (χ0) is 30.5. The first-order chi connectivity index (χ1) is 19.9. The third kappa shape index (κ3) is 5.51. The molecule has 230 valence electrons. The van der Waals surface area contributed by atoms with Crippen LogP contribution < -0.4 is 9.47 Å². The smallest absolute Gasteiger partial charge is 0.229 e. The van der Waals surface area contributed by atoms with E-state index in [9.17, 15) is 50.8 Å². The fraction of sp³-hybridized carbons (Fsp3) is 0.519. The lowest BCUT2D eigenvalue weighted by atomic mass is 9.93. The lowest BCUT2D eigenvalue weighted by molar-refractivity contribution is -0.349. The summed E-state index contributed by atoms with van der Waals surface area (Å²) in [6, 6.07) is 7.79. The van der Waals surface area contributed by atoms with Crippen LogP contribution in [0.3, 0.4) is 0 Å². The van der Waals surface area contributed by atoms with Crippen molar-refractivity contribution in [3.05, 3.63) is 47.5 Å². The molecule has 15 heteroatoms. The van der Waals surface area contributed by atoms with Gasteiger partial charge in [-0.15, -0.1) is 0 Å². The average Bonchev–Trinajstić information content (AvgIpc) is 2.96. The Bertz CT molecular complexity index is 1270. The largest absolute Gasteiger partial charge is 0.508 e. The van der Waals surface area contributed by atoms with Crippen LogP contribution in [0.5, 0.6) is 23.0 Å². The molecule has 12 atom stereocenters. The molecule has 0 radical (unpaired) electrons. The third-order valence-corrected chi connectivity index (χ3v) is 7.50. The van der Waals surface area contributed by atoms with Crippen molar-refractivity contribution in [1.29, 1.82) is 0 Å². The number of fused-ring (bicyclic) bond motifs is 1. The van der Waals surface area contributed by atoms with Gasteiger partial charge in [-0.1, -0.05) is 12.1 Å². The molecule has 0 amide bonds. The molecule has 3 aliphatic rings. The van der Waals surface area contributed by atoms with Gasteiger partial charge >= 0.3 is 0 Å². The number of hydrogen-bond acceptors (Lipinski definition) is 15. The Balaban J connectivity index is 1.33. The minimum atomic E-state index is -1.82. The van der Waals surface area contributed by atoms with E-state index in [1.165, 1.54) is 37.3 Å². The number of aromatic hydroxyl groups is 2. The van der Waals surface area contributed by atoms with Crippen molar-refractivity contribution in [2.24, 2.45) is 0 Å². The highest BCUT2D eigenvalue weighted by molar-refractivity contribution is 6.05. The predicted molar refractivity (Wildman–Crippen MR) is 136 cm³/mol. The van der Waals surface area contributed by atoms with Gasteiger partial charge in [-0.2, -0.15) is 0 Å². The number of ether oxygens (including phenoxy) is 5. The van der Waals surface area contributed by atoms with Crippen LogP contribution in [0.1, 0.15) is 28.9 Å². The average molecular weight is 597 g/mol. The van der Waals surface area contributed by atoms with E-state index in [2.05, 4.69) is 0 Å². The summed E-state index contributed by atoms with van der Waals surface area (Å²) in [6.07, 6.45) is -18.2. The number of rotatable bonds is 6. The number of benzene rings is 2. The van der Waals surface area contributed by atoms with E-state index in [-0.39, 0.29) is 22.8 Å². The van der Waals surface area contributed by atoms with E-state index in [1.807, 2.05) is 0 Å². The molecule has 3 aliphatic heterocycles. The van der Waals surface area contributed by atoms with Crippen LogP contribution in [0, 0.1) is 0 Å². The molecule has 2 fully saturated rings. The van der Waals surface area contributed by atoms with Crippen LogP contribution in [-0.2, 0) is 14.2 Å². The zero-order valence-corrected chi connectivity index (χ0v) is 22.1. The topological polar surface area (TPSA) is 245 Å². The van der Waals surface area contributed by atoms with Gasteiger partial charge in [-0.25, -0.2) is 0 Å². The monoisotopic (exact) mass is 596 g/mol.